The number of anilines is 1. The second-order valence-electron chi connectivity index (χ2n) is 6.78. The summed E-state index contributed by atoms with van der Waals surface area (Å²) in [7, 11) is 2.27. The molecule has 0 atom stereocenters. The molecule has 0 saturated heterocycles. The van der Waals surface area contributed by atoms with E-state index in [4.69, 9.17) is 21.1 Å². The monoisotopic (exact) mass is 473 g/mol. The van der Waals surface area contributed by atoms with Gasteiger partial charge < -0.3 is 19.7 Å². The van der Waals surface area contributed by atoms with Gasteiger partial charge in [-0.1, -0.05) is 11.6 Å². The van der Waals surface area contributed by atoms with Crippen LogP contribution in [0.2, 0.25) is 5.02 Å². The van der Waals surface area contributed by atoms with Crippen LogP contribution in [0.15, 0.2) is 41.3 Å². The molecule has 0 fully saturated rings. The third-order valence-corrected chi connectivity index (χ3v) is 6.36. The Morgan fingerprint density at radius 2 is 1.77 bits per heavy atom. The maximum Gasteiger partial charge on any atom is 0.264 e. The predicted molar refractivity (Wildman–Crippen MR) is 117 cm³/mol. The predicted octanol–water partition coefficient (Wildman–Crippen LogP) is 2.37. The number of likely N-dealkylation sites (N-methyl/N-ethyl adjacent to an activating group) is 1. The number of rotatable bonds is 10. The third kappa shape index (κ3) is 6.22. The Morgan fingerprint density at radius 1 is 1.10 bits per heavy atom. The number of sulfonamides is 1. The van der Waals surface area contributed by atoms with Gasteiger partial charge in [-0.15, -0.1) is 0 Å². The Labute approximate surface area is 186 Å². The summed E-state index contributed by atoms with van der Waals surface area (Å²) in [6.07, 6.45) is 0. The van der Waals surface area contributed by atoms with E-state index in [0.717, 1.165) is 16.4 Å². The molecule has 170 valence electrons. The summed E-state index contributed by atoms with van der Waals surface area (Å²) in [6.45, 7) is 0.392. The molecular formula is C20H25ClFN3O5S. The molecule has 0 saturated carbocycles. The summed E-state index contributed by atoms with van der Waals surface area (Å²) in [4.78, 5) is 14.2. The number of nitrogens with zero attached hydrogens (tertiary/aromatic N) is 2. The molecule has 0 aromatic heterocycles. The quantitative estimate of drug-likeness (QED) is 0.570. The van der Waals surface area contributed by atoms with Crippen molar-refractivity contribution >= 4 is 33.2 Å². The Morgan fingerprint density at radius 3 is 2.35 bits per heavy atom. The first kappa shape index (κ1) is 24.7. The largest absolute Gasteiger partial charge is 0.493 e. The van der Waals surface area contributed by atoms with Gasteiger partial charge in [0.1, 0.15) is 12.4 Å². The number of methoxy groups -OCH3 is 2. The first-order valence-corrected chi connectivity index (χ1v) is 11.0. The van der Waals surface area contributed by atoms with E-state index >= 15 is 0 Å². The molecule has 2 aromatic rings. The lowest BCUT2D eigenvalue weighted by atomic mass is 10.3. The lowest BCUT2D eigenvalue weighted by Crippen LogP contribution is -2.42. The SMILES string of the molecule is COc1ccc(S(=O)(=O)N(CC(=O)NCCN(C)C)c2ccc(F)c(Cl)c2)cc1OC. The van der Waals surface area contributed by atoms with Crippen molar-refractivity contribution in [3.05, 3.63) is 47.2 Å². The summed E-state index contributed by atoms with van der Waals surface area (Å²) in [5, 5.41) is 2.40. The van der Waals surface area contributed by atoms with E-state index in [1.54, 1.807) is 0 Å². The lowest BCUT2D eigenvalue weighted by Gasteiger charge is -2.25. The van der Waals surface area contributed by atoms with Crippen LogP contribution in [0.4, 0.5) is 10.1 Å². The molecule has 1 N–H and O–H groups in total. The Hall–Kier alpha value is -2.56. The fourth-order valence-electron chi connectivity index (χ4n) is 2.66. The van der Waals surface area contributed by atoms with E-state index in [9.17, 15) is 17.6 Å². The molecule has 0 aliphatic rings. The molecule has 8 nitrogen and oxygen atoms in total. The third-order valence-electron chi connectivity index (χ3n) is 4.30. The van der Waals surface area contributed by atoms with Crippen LogP contribution in [-0.4, -0.2) is 67.2 Å². The molecular weight excluding hydrogens is 449 g/mol. The van der Waals surface area contributed by atoms with Crippen molar-refractivity contribution < 1.29 is 27.1 Å². The van der Waals surface area contributed by atoms with Gasteiger partial charge in [0.2, 0.25) is 5.91 Å². The van der Waals surface area contributed by atoms with E-state index in [-0.39, 0.29) is 21.4 Å². The van der Waals surface area contributed by atoms with Gasteiger partial charge in [0, 0.05) is 19.2 Å². The number of halogens is 2. The highest BCUT2D eigenvalue weighted by atomic mass is 35.5. The van der Waals surface area contributed by atoms with Gasteiger partial charge in [0.15, 0.2) is 11.5 Å². The Bertz CT molecular complexity index is 1030. The number of carbonyl (C=O) groups is 1. The first-order valence-electron chi connectivity index (χ1n) is 9.21. The zero-order valence-corrected chi connectivity index (χ0v) is 19.3. The van der Waals surface area contributed by atoms with Crippen LogP contribution in [0.1, 0.15) is 0 Å². The standard InChI is InChI=1S/C20H25ClFN3O5S/c1-24(2)10-9-23-20(26)13-25(14-5-7-17(22)16(21)11-14)31(27,28)15-6-8-18(29-3)19(12-15)30-4/h5-8,11-12H,9-10,13H2,1-4H3,(H,23,26). The van der Waals surface area contributed by atoms with E-state index < -0.39 is 28.3 Å². The summed E-state index contributed by atoms with van der Waals surface area (Å²) in [5.74, 6) is -0.675. The molecule has 1 amide bonds. The number of carbonyl (C=O) groups excluding carboxylic acids is 1. The highest BCUT2D eigenvalue weighted by molar-refractivity contribution is 7.92. The molecule has 11 heteroatoms. The Balaban J connectivity index is 2.45. The minimum absolute atomic E-state index is 0.0453. The normalized spacial score (nSPS) is 11.3. The number of hydrogen-bond donors (Lipinski definition) is 1. The van der Waals surface area contributed by atoms with Gasteiger partial charge in [-0.2, -0.15) is 0 Å². The summed E-state index contributed by atoms with van der Waals surface area (Å²) < 4.78 is 51.7. The molecule has 2 aromatic carbocycles. The first-order chi connectivity index (χ1) is 14.6. The average Bonchev–Trinajstić information content (AvgIpc) is 2.73. The van der Waals surface area contributed by atoms with Crippen LogP contribution in [0, 0.1) is 5.82 Å². The van der Waals surface area contributed by atoms with Crippen molar-refractivity contribution in [1.29, 1.82) is 0 Å². The van der Waals surface area contributed by atoms with E-state index in [1.807, 2.05) is 19.0 Å². The summed E-state index contributed by atoms with van der Waals surface area (Å²) in [6, 6.07) is 7.50. The van der Waals surface area contributed by atoms with Crippen molar-refractivity contribution in [3.63, 3.8) is 0 Å². The number of amides is 1. The van der Waals surface area contributed by atoms with Gasteiger partial charge in [-0.25, -0.2) is 12.8 Å². The second kappa shape index (κ2) is 10.7. The molecule has 0 aliphatic carbocycles. The number of benzene rings is 2. The molecule has 0 unspecified atom stereocenters. The topological polar surface area (TPSA) is 88.2 Å². The smallest absolute Gasteiger partial charge is 0.264 e. The van der Waals surface area contributed by atoms with Gasteiger partial charge >= 0.3 is 0 Å². The molecule has 31 heavy (non-hydrogen) atoms. The van der Waals surface area contributed by atoms with Crippen molar-refractivity contribution in [2.75, 3.05) is 52.3 Å². The summed E-state index contributed by atoms with van der Waals surface area (Å²) in [5.41, 5.74) is 0.0453. The molecule has 0 heterocycles. The van der Waals surface area contributed by atoms with Gasteiger partial charge in [0.25, 0.3) is 10.0 Å². The van der Waals surface area contributed by atoms with E-state index in [2.05, 4.69) is 5.32 Å². The molecule has 0 spiro atoms. The average molecular weight is 474 g/mol. The highest BCUT2D eigenvalue weighted by Crippen LogP contribution is 2.33. The summed E-state index contributed by atoms with van der Waals surface area (Å²) >= 11 is 5.86. The Kier molecular flexibility index (Phi) is 8.49. The van der Waals surface area contributed by atoms with Crippen molar-refractivity contribution in [2.24, 2.45) is 0 Å². The molecule has 2 rings (SSSR count). The van der Waals surface area contributed by atoms with Gasteiger partial charge in [0.05, 0.1) is 29.8 Å². The fourth-order valence-corrected chi connectivity index (χ4v) is 4.27. The maximum atomic E-state index is 13.7. The van der Waals surface area contributed by atoms with E-state index in [0.29, 0.717) is 18.8 Å². The van der Waals surface area contributed by atoms with Crippen LogP contribution in [0.25, 0.3) is 0 Å². The number of hydrogen-bond acceptors (Lipinski definition) is 6. The molecule has 0 aliphatic heterocycles. The minimum atomic E-state index is -4.23. The van der Waals surface area contributed by atoms with Crippen LogP contribution in [0.5, 0.6) is 11.5 Å². The minimum Gasteiger partial charge on any atom is -0.493 e. The van der Waals surface area contributed by atoms with Crippen LogP contribution in [0.3, 0.4) is 0 Å². The van der Waals surface area contributed by atoms with Gasteiger partial charge in [-0.05, 0) is 44.4 Å². The highest BCUT2D eigenvalue weighted by Gasteiger charge is 2.29. The fraction of sp³-hybridized carbons (Fsp3) is 0.350. The van der Waals surface area contributed by atoms with Crippen molar-refractivity contribution in [1.82, 2.24) is 10.2 Å². The maximum absolute atomic E-state index is 13.7. The zero-order valence-electron chi connectivity index (χ0n) is 17.7. The van der Waals surface area contributed by atoms with Crippen molar-refractivity contribution in [3.8, 4) is 11.5 Å². The van der Waals surface area contributed by atoms with Crippen LogP contribution >= 0.6 is 11.6 Å². The van der Waals surface area contributed by atoms with Crippen molar-refractivity contribution in [2.45, 2.75) is 4.90 Å². The number of ether oxygens (including phenoxy) is 2. The number of nitrogens with one attached hydrogen (secondary N) is 1. The van der Waals surface area contributed by atoms with E-state index in [1.165, 1.54) is 38.5 Å². The molecule has 0 radical (unpaired) electrons. The van der Waals surface area contributed by atoms with Gasteiger partial charge in [-0.3, -0.25) is 9.10 Å². The molecule has 0 bridgehead atoms. The van der Waals surface area contributed by atoms with Crippen LogP contribution < -0.4 is 19.1 Å². The zero-order chi connectivity index (χ0) is 23.2. The lowest BCUT2D eigenvalue weighted by molar-refractivity contribution is -0.119. The van der Waals surface area contributed by atoms with Crippen LogP contribution in [-0.2, 0) is 14.8 Å². The second-order valence-corrected chi connectivity index (χ2v) is 9.05.